The Morgan fingerprint density at radius 3 is 1.87 bits per heavy atom. The van der Waals surface area contributed by atoms with Gasteiger partial charge in [0, 0.05) is 23.2 Å². The van der Waals surface area contributed by atoms with Crippen LogP contribution in [0.4, 0.5) is 0 Å². The Hall–Kier alpha value is -1.41. The molecule has 0 amide bonds. The highest BCUT2D eigenvalue weighted by Crippen LogP contribution is 2.44. The lowest BCUT2D eigenvalue weighted by molar-refractivity contribution is -0.146. The minimum atomic E-state index is -2.62. The van der Waals surface area contributed by atoms with Crippen LogP contribution in [0.5, 0.6) is 0 Å². The molecular formula is C19H23O3P. The van der Waals surface area contributed by atoms with Crippen molar-refractivity contribution < 1.29 is 14.0 Å². The molecule has 0 bridgehead atoms. The number of hydrogen-bond acceptors (Lipinski definition) is 3. The first kappa shape index (κ1) is 16.4. The zero-order valence-electron chi connectivity index (χ0n) is 13.5. The van der Waals surface area contributed by atoms with Gasteiger partial charge in [-0.05, 0) is 13.3 Å². The molecular weight excluding hydrogens is 307 g/mol. The van der Waals surface area contributed by atoms with E-state index in [1.807, 2.05) is 67.6 Å². The molecule has 0 atom stereocenters. The summed E-state index contributed by atoms with van der Waals surface area (Å²) in [6.45, 7) is 3.26. The van der Waals surface area contributed by atoms with E-state index in [0.717, 1.165) is 23.5 Å². The molecule has 2 aromatic carbocycles. The highest BCUT2D eigenvalue weighted by atomic mass is 31.2. The van der Waals surface area contributed by atoms with E-state index < -0.39 is 12.9 Å². The summed E-state index contributed by atoms with van der Waals surface area (Å²) in [6, 6.07) is 19.6. The maximum absolute atomic E-state index is 13.8. The monoisotopic (exact) mass is 330 g/mol. The Morgan fingerprint density at radius 2 is 1.39 bits per heavy atom. The molecule has 3 nitrogen and oxygen atoms in total. The molecule has 0 radical (unpaired) electrons. The fourth-order valence-electron chi connectivity index (χ4n) is 3.07. The summed E-state index contributed by atoms with van der Waals surface area (Å²) in [7, 11) is -2.62. The number of hydrogen-bond donors (Lipinski definition) is 0. The lowest BCUT2D eigenvalue weighted by Gasteiger charge is -2.24. The molecule has 2 aromatic rings. The van der Waals surface area contributed by atoms with Gasteiger partial charge in [0.05, 0.1) is 13.2 Å². The van der Waals surface area contributed by atoms with E-state index >= 15 is 0 Å². The summed E-state index contributed by atoms with van der Waals surface area (Å²) in [4.78, 5) is 0. The van der Waals surface area contributed by atoms with Gasteiger partial charge in [0.15, 0.2) is 5.79 Å². The van der Waals surface area contributed by atoms with Crippen LogP contribution in [0, 0.1) is 0 Å². The Kier molecular flexibility index (Phi) is 5.01. The van der Waals surface area contributed by atoms with E-state index in [9.17, 15) is 4.57 Å². The van der Waals surface area contributed by atoms with Crippen LogP contribution in [0.25, 0.3) is 0 Å². The summed E-state index contributed by atoms with van der Waals surface area (Å²) in [5, 5.41) is 1.84. The predicted molar refractivity (Wildman–Crippen MR) is 94.2 cm³/mol. The summed E-state index contributed by atoms with van der Waals surface area (Å²) >= 11 is 0. The van der Waals surface area contributed by atoms with Gasteiger partial charge in [0.25, 0.3) is 0 Å². The highest BCUT2D eigenvalue weighted by Gasteiger charge is 2.33. The SMILES string of the molecule is CC1(CCCP(=O)(c2ccccc2)c2ccccc2)OCCO1. The van der Waals surface area contributed by atoms with Crippen molar-refractivity contribution in [2.75, 3.05) is 19.4 Å². The fraction of sp³-hybridized carbons (Fsp3) is 0.368. The van der Waals surface area contributed by atoms with Crippen LogP contribution in [0.1, 0.15) is 19.8 Å². The average Bonchev–Trinajstić information content (AvgIpc) is 3.03. The van der Waals surface area contributed by atoms with Crippen LogP contribution >= 0.6 is 7.14 Å². The van der Waals surface area contributed by atoms with E-state index in [2.05, 4.69) is 0 Å². The van der Waals surface area contributed by atoms with Gasteiger partial charge in [0.2, 0.25) is 0 Å². The molecule has 3 rings (SSSR count). The van der Waals surface area contributed by atoms with Gasteiger partial charge in [-0.3, -0.25) is 0 Å². The lowest BCUT2D eigenvalue weighted by Crippen LogP contribution is -2.26. The van der Waals surface area contributed by atoms with Crippen molar-refractivity contribution in [2.45, 2.75) is 25.6 Å². The van der Waals surface area contributed by atoms with Gasteiger partial charge in [-0.25, -0.2) is 0 Å². The normalized spacial score (nSPS) is 17.3. The molecule has 1 saturated heterocycles. The van der Waals surface area contributed by atoms with Crippen molar-refractivity contribution in [1.82, 2.24) is 0 Å². The van der Waals surface area contributed by atoms with Crippen molar-refractivity contribution in [3.63, 3.8) is 0 Å². The van der Waals surface area contributed by atoms with Crippen LogP contribution in [-0.2, 0) is 14.0 Å². The topological polar surface area (TPSA) is 35.5 Å². The standard InChI is InChI=1S/C19H23O3P/c1-19(21-14-15-22-19)13-8-16-23(20,17-9-4-2-5-10-17)18-11-6-3-7-12-18/h2-7,9-12H,8,13-16H2,1H3. The minimum absolute atomic E-state index is 0.516. The molecule has 0 unspecified atom stereocenters. The molecule has 0 aliphatic carbocycles. The molecule has 0 saturated carbocycles. The summed E-state index contributed by atoms with van der Waals surface area (Å²) in [5.74, 6) is -0.516. The Morgan fingerprint density at radius 1 is 0.913 bits per heavy atom. The van der Waals surface area contributed by atoms with Gasteiger partial charge < -0.3 is 14.0 Å². The first-order valence-corrected chi connectivity index (χ1v) is 10.00. The van der Waals surface area contributed by atoms with Crippen LogP contribution in [0.3, 0.4) is 0 Å². The third-order valence-electron chi connectivity index (χ3n) is 4.35. The van der Waals surface area contributed by atoms with E-state index in [0.29, 0.717) is 19.4 Å². The third-order valence-corrected chi connectivity index (χ3v) is 7.56. The van der Waals surface area contributed by atoms with Crippen molar-refractivity contribution in [3.05, 3.63) is 60.7 Å². The van der Waals surface area contributed by atoms with E-state index in [1.54, 1.807) is 0 Å². The maximum atomic E-state index is 13.8. The van der Waals surface area contributed by atoms with Crippen LogP contribution in [0.2, 0.25) is 0 Å². The van der Waals surface area contributed by atoms with Crippen LogP contribution < -0.4 is 10.6 Å². The molecule has 0 spiro atoms. The second kappa shape index (κ2) is 7.00. The van der Waals surface area contributed by atoms with Crippen molar-refractivity contribution in [2.24, 2.45) is 0 Å². The molecule has 1 aliphatic rings. The molecule has 1 fully saturated rings. The molecule has 0 aromatic heterocycles. The van der Waals surface area contributed by atoms with Gasteiger partial charge >= 0.3 is 0 Å². The Bertz CT molecular complexity index is 620. The Labute approximate surface area is 138 Å². The molecule has 0 N–H and O–H groups in total. The van der Waals surface area contributed by atoms with Crippen molar-refractivity contribution >= 4 is 17.8 Å². The summed E-state index contributed by atoms with van der Waals surface area (Å²) in [6.07, 6.45) is 2.19. The fourth-order valence-corrected chi connectivity index (χ4v) is 5.79. The van der Waals surface area contributed by atoms with E-state index in [-0.39, 0.29) is 0 Å². The van der Waals surface area contributed by atoms with Crippen molar-refractivity contribution in [1.29, 1.82) is 0 Å². The predicted octanol–water partition coefficient (Wildman–Crippen LogP) is 3.54. The average molecular weight is 330 g/mol. The van der Waals surface area contributed by atoms with Crippen LogP contribution in [0.15, 0.2) is 60.7 Å². The number of ether oxygens (including phenoxy) is 2. The minimum Gasteiger partial charge on any atom is -0.348 e. The maximum Gasteiger partial charge on any atom is 0.165 e. The quantitative estimate of drug-likeness (QED) is 0.760. The zero-order valence-corrected chi connectivity index (χ0v) is 14.4. The van der Waals surface area contributed by atoms with E-state index in [1.165, 1.54) is 0 Å². The molecule has 1 aliphatic heterocycles. The number of rotatable bonds is 6. The summed E-state index contributed by atoms with van der Waals surface area (Å²) in [5.41, 5.74) is 0. The van der Waals surface area contributed by atoms with Gasteiger partial charge in [-0.15, -0.1) is 0 Å². The second-order valence-electron chi connectivity index (χ2n) is 6.07. The number of benzene rings is 2. The first-order chi connectivity index (χ1) is 11.1. The van der Waals surface area contributed by atoms with Crippen molar-refractivity contribution in [3.8, 4) is 0 Å². The van der Waals surface area contributed by atoms with Gasteiger partial charge in [-0.2, -0.15) is 0 Å². The first-order valence-electron chi connectivity index (χ1n) is 8.11. The third kappa shape index (κ3) is 3.74. The highest BCUT2D eigenvalue weighted by molar-refractivity contribution is 7.78. The molecule has 122 valence electrons. The van der Waals surface area contributed by atoms with Gasteiger partial charge in [-0.1, -0.05) is 60.7 Å². The molecule has 1 heterocycles. The molecule has 4 heteroatoms. The largest absolute Gasteiger partial charge is 0.348 e. The van der Waals surface area contributed by atoms with Gasteiger partial charge in [0.1, 0.15) is 7.14 Å². The smallest absolute Gasteiger partial charge is 0.165 e. The lowest BCUT2D eigenvalue weighted by atomic mass is 10.2. The zero-order chi connectivity index (χ0) is 16.2. The summed E-state index contributed by atoms with van der Waals surface area (Å²) < 4.78 is 25.1. The Balaban J connectivity index is 1.80. The second-order valence-corrected chi connectivity index (χ2v) is 9.03. The van der Waals surface area contributed by atoms with E-state index in [4.69, 9.17) is 9.47 Å². The molecule has 23 heavy (non-hydrogen) atoms. The van der Waals surface area contributed by atoms with Crippen LogP contribution in [-0.4, -0.2) is 25.2 Å².